The van der Waals surface area contributed by atoms with Crippen molar-refractivity contribution in [1.82, 2.24) is 9.66 Å². The van der Waals surface area contributed by atoms with Crippen LogP contribution in [0.5, 0.6) is 5.75 Å². The zero-order chi connectivity index (χ0) is 25.1. The molecule has 3 aromatic carbocycles. The van der Waals surface area contributed by atoms with Crippen molar-refractivity contribution in [3.8, 4) is 5.75 Å². The van der Waals surface area contributed by atoms with Crippen molar-refractivity contribution in [2.24, 2.45) is 5.10 Å². The van der Waals surface area contributed by atoms with E-state index in [1.807, 2.05) is 13.8 Å². The Labute approximate surface area is 208 Å². The average Bonchev–Trinajstić information content (AvgIpc) is 2.83. The molecule has 8 nitrogen and oxygen atoms in total. The molecule has 35 heavy (non-hydrogen) atoms. The fourth-order valence-electron chi connectivity index (χ4n) is 3.45. The zero-order valence-electron chi connectivity index (χ0n) is 18.8. The first-order chi connectivity index (χ1) is 16.7. The highest BCUT2D eigenvalue weighted by atomic mass is 79.9. The number of nitro groups is 1. The van der Waals surface area contributed by atoms with Gasteiger partial charge >= 0.3 is 5.69 Å². The van der Waals surface area contributed by atoms with Crippen LogP contribution in [0.2, 0.25) is 0 Å². The molecule has 0 saturated heterocycles. The van der Waals surface area contributed by atoms with E-state index in [-0.39, 0.29) is 29.5 Å². The van der Waals surface area contributed by atoms with Crippen molar-refractivity contribution in [2.75, 3.05) is 0 Å². The van der Waals surface area contributed by atoms with Crippen molar-refractivity contribution >= 4 is 38.7 Å². The fraction of sp³-hybridized carbons (Fsp3) is 0.160. The summed E-state index contributed by atoms with van der Waals surface area (Å²) < 4.78 is 20.9. The molecule has 178 valence electrons. The van der Waals surface area contributed by atoms with Crippen LogP contribution >= 0.6 is 15.9 Å². The summed E-state index contributed by atoms with van der Waals surface area (Å²) >= 11 is 3.37. The van der Waals surface area contributed by atoms with Gasteiger partial charge < -0.3 is 4.74 Å². The Kier molecular flexibility index (Phi) is 7.02. The van der Waals surface area contributed by atoms with Gasteiger partial charge in [0.25, 0.3) is 5.56 Å². The number of rotatable bonds is 7. The summed E-state index contributed by atoms with van der Waals surface area (Å²) in [6.07, 6.45) is 1.34. The number of nitro benzene ring substituents is 1. The summed E-state index contributed by atoms with van der Waals surface area (Å²) in [5, 5.41) is 16.4. The lowest BCUT2D eigenvalue weighted by Gasteiger charge is -2.13. The number of aromatic nitrogens is 2. The van der Waals surface area contributed by atoms with Crippen LogP contribution < -0.4 is 10.3 Å². The molecule has 4 rings (SSSR count). The predicted octanol–water partition coefficient (Wildman–Crippen LogP) is 5.79. The maximum absolute atomic E-state index is 13.2. The van der Waals surface area contributed by atoms with Crippen LogP contribution in [-0.2, 0) is 6.61 Å². The average molecular weight is 539 g/mol. The van der Waals surface area contributed by atoms with E-state index in [2.05, 4.69) is 26.0 Å². The first-order valence-electron chi connectivity index (χ1n) is 10.7. The molecule has 0 amide bonds. The van der Waals surface area contributed by atoms with Gasteiger partial charge in [-0.05, 0) is 42.0 Å². The molecule has 0 unspecified atom stereocenters. The first kappa shape index (κ1) is 24.2. The molecule has 1 heterocycles. The number of ether oxygens (including phenoxy) is 1. The van der Waals surface area contributed by atoms with Gasteiger partial charge in [0.2, 0.25) is 5.75 Å². The lowest BCUT2D eigenvalue weighted by Crippen LogP contribution is -2.23. The number of nitrogens with zero attached hydrogens (tertiary/aromatic N) is 4. The van der Waals surface area contributed by atoms with Crippen molar-refractivity contribution < 1.29 is 14.1 Å². The molecule has 0 atom stereocenters. The number of para-hydroxylation sites is 1. The smallest absolute Gasteiger partial charge is 0.311 e. The fourth-order valence-corrected chi connectivity index (χ4v) is 3.81. The quantitative estimate of drug-likeness (QED) is 0.168. The highest BCUT2D eigenvalue weighted by molar-refractivity contribution is 9.10. The third kappa shape index (κ3) is 5.27. The molecule has 0 aliphatic heterocycles. The minimum Gasteiger partial charge on any atom is -0.481 e. The maximum atomic E-state index is 13.2. The van der Waals surface area contributed by atoms with Crippen LogP contribution in [0.4, 0.5) is 10.1 Å². The van der Waals surface area contributed by atoms with Crippen molar-refractivity contribution in [3.05, 3.63) is 108 Å². The summed E-state index contributed by atoms with van der Waals surface area (Å²) in [6.45, 7) is 3.76. The number of hydrogen-bond donors (Lipinski definition) is 0. The van der Waals surface area contributed by atoms with E-state index in [0.717, 1.165) is 4.47 Å². The summed E-state index contributed by atoms with van der Waals surface area (Å²) in [5.74, 6) is -0.0802. The molecular formula is C25H20BrFN4O4. The molecule has 4 aromatic rings. The minimum absolute atomic E-state index is 0.0128. The largest absolute Gasteiger partial charge is 0.481 e. The SMILES string of the molecule is CC(C)c1nc2ccc(Br)cc2c(=O)n1N=Cc1cccc([N+](=O)[O-])c1OCc1ccc(F)cc1. The second kappa shape index (κ2) is 10.1. The van der Waals surface area contributed by atoms with Crippen LogP contribution in [0.1, 0.15) is 36.7 Å². The van der Waals surface area contributed by atoms with E-state index < -0.39 is 10.7 Å². The van der Waals surface area contributed by atoms with Crippen molar-refractivity contribution in [3.63, 3.8) is 0 Å². The number of halogens is 2. The van der Waals surface area contributed by atoms with Gasteiger partial charge in [0.15, 0.2) is 0 Å². The normalized spacial score (nSPS) is 11.5. The van der Waals surface area contributed by atoms with E-state index in [0.29, 0.717) is 27.9 Å². The summed E-state index contributed by atoms with van der Waals surface area (Å²) in [6, 6.07) is 15.3. The summed E-state index contributed by atoms with van der Waals surface area (Å²) in [7, 11) is 0. The highest BCUT2D eigenvalue weighted by Gasteiger charge is 2.19. The predicted molar refractivity (Wildman–Crippen MR) is 135 cm³/mol. The van der Waals surface area contributed by atoms with Gasteiger partial charge in [-0.3, -0.25) is 14.9 Å². The van der Waals surface area contributed by atoms with Crippen LogP contribution in [0.25, 0.3) is 10.9 Å². The number of benzene rings is 3. The van der Waals surface area contributed by atoms with E-state index >= 15 is 0 Å². The topological polar surface area (TPSA) is 99.6 Å². The molecule has 1 aromatic heterocycles. The Morgan fingerprint density at radius 1 is 1.20 bits per heavy atom. The van der Waals surface area contributed by atoms with Gasteiger partial charge in [-0.2, -0.15) is 9.78 Å². The summed E-state index contributed by atoms with van der Waals surface area (Å²) in [4.78, 5) is 28.9. The van der Waals surface area contributed by atoms with E-state index in [1.165, 1.54) is 47.3 Å². The lowest BCUT2D eigenvalue weighted by atomic mass is 10.1. The lowest BCUT2D eigenvalue weighted by molar-refractivity contribution is -0.385. The Balaban J connectivity index is 1.78. The molecule has 0 aliphatic rings. The second-order valence-corrected chi connectivity index (χ2v) is 8.93. The molecule has 10 heteroatoms. The van der Waals surface area contributed by atoms with E-state index in [4.69, 9.17) is 4.74 Å². The van der Waals surface area contributed by atoms with Gasteiger partial charge in [-0.25, -0.2) is 9.37 Å². The third-order valence-corrected chi connectivity index (χ3v) is 5.67. The monoisotopic (exact) mass is 538 g/mol. The molecule has 0 bridgehead atoms. The molecule has 0 aliphatic carbocycles. The van der Waals surface area contributed by atoms with Gasteiger partial charge in [0.1, 0.15) is 18.2 Å². The van der Waals surface area contributed by atoms with E-state index in [9.17, 15) is 19.3 Å². The van der Waals surface area contributed by atoms with Crippen LogP contribution in [0, 0.1) is 15.9 Å². The molecule has 0 N–H and O–H groups in total. The van der Waals surface area contributed by atoms with Crippen molar-refractivity contribution in [1.29, 1.82) is 0 Å². The molecule has 0 fully saturated rings. The zero-order valence-corrected chi connectivity index (χ0v) is 20.4. The molecule has 0 spiro atoms. The first-order valence-corrected chi connectivity index (χ1v) is 11.4. The summed E-state index contributed by atoms with van der Waals surface area (Å²) in [5.41, 5.74) is 0.864. The van der Waals surface area contributed by atoms with E-state index in [1.54, 1.807) is 24.3 Å². The van der Waals surface area contributed by atoms with Gasteiger partial charge in [0, 0.05) is 22.0 Å². The number of hydrogen-bond acceptors (Lipinski definition) is 6. The van der Waals surface area contributed by atoms with Gasteiger partial charge in [-0.1, -0.05) is 48.0 Å². The third-order valence-electron chi connectivity index (χ3n) is 5.18. The van der Waals surface area contributed by atoms with Crippen LogP contribution in [-0.4, -0.2) is 20.8 Å². The Morgan fingerprint density at radius 2 is 1.94 bits per heavy atom. The van der Waals surface area contributed by atoms with Crippen molar-refractivity contribution in [2.45, 2.75) is 26.4 Å². The Bertz CT molecular complexity index is 1500. The highest BCUT2D eigenvalue weighted by Crippen LogP contribution is 2.31. The van der Waals surface area contributed by atoms with Crippen LogP contribution in [0.15, 0.2) is 75.0 Å². The standard InChI is InChI=1S/C25H20BrFN4O4/c1-15(2)24-29-21-11-8-18(26)12-20(21)25(32)30(24)28-13-17-4-3-5-22(31(33)34)23(17)35-14-16-6-9-19(27)10-7-16/h3-13,15H,14H2,1-2H3. The van der Waals surface area contributed by atoms with Gasteiger partial charge in [-0.15, -0.1) is 0 Å². The number of fused-ring (bicyclic) bond motifs is 1. The Hall–Kier alpha value is -3.92. The molecule has 0 saturated carbocycles. The molecular weight excluding hydrogens is 519 g/mol. The molecule has 0 radical (unpaired) electrons. The maximum Gasteiger partial charge on any atom is 0.311 e. The van der Waals surface area contributed by atoms with Gasteiger partial charge in [0.05, 0.1) is 22.0 Å². The Morgan fingerprint density at radius 3 is 2.63 bits per heavy atom. The van der Waals surface area contributed by atoms with Crippen LogP contribution in [0.3, 0.4) is 0 Å². The second-order valence-electron chi connectivity index (χ2n) is 8.02. The minimum atomic E-state index is -0.557.